The monoisotopic (exact) mass is 801 g/mol. The number of ether oxygens (including phenoxy) is 6. The summed E-state index contributed by atoms with van der Waals surface area (Å²) in [6, 6.07) is 31.8. The van der Waals surface area contributed by atoms with Crippen LogP contribution in [0.5, 0.6) is 34.5 Å². The van der Waals surface area contributed by atoms with Crippen LogP contribution in [-0.4, -0.2) is 33.2 Å². The van der Waals surface area contributed by atoms with E-state index in [1.165, 1.54) is 17.5 Å². The largest absolute Gasteiger partial charge is 0.493 e. The summed E-state index contributed by atoms with van der Waals surface area (Å²) in [6.07, 6.45) is 3.42. The fourth-order valence-corrected chi connectivity index (χ4v) is 4.26. The van der Waals surface area contributed by atoms with Crippen LogP contribution in [0.15, 0.2) is 97.1 Å². The number of para-hydroxylation sites is 6. The average molecular weight is 801 g/mol. The molecule has 4 aromatic carbocycles. The third-order valence-electron chi connectivity index (χ3n) is 6.15. The molecule has 58 heavy (non-hydrogen) atoms. The van der Waals surface area contributed by atoms with Crippen LogP contribution in [0.1, 0.15) is 128 Å². The second-order valence-corrected chi connectivity index (χ2v) is 20.8. The van der Waals surface area contributed by atoms with Gasteiger partial charge in [-0.3, -0.25) is 0 Å². The topological polar surface area (TPSA) is 55.4 Å². The highest BCUT2D eigenvalue weighted by Gasteiger charge is 2.11. The number of benzene rings is 4. The lowest BCUT2D eigenvalue weighted by Gasteiger charge is -2.17. The van der Waals surface area contributed by atoms with Gasteiger partial charge in [0.2, 0.25) is 6.79 Å². The van der Waals surface area contributed by atoms with E-state index in [2.05, 4.69) is 129 Å². The number of aryl methyl sites for hydroxylation is 1. The Morgan fingerprint density at radius 1 is 0.293 bits per heavy atom. The van der Waals surface area contributed by atoms with Crippen LogP contribution in [0, 0.1) is 21.7 Å². The number of hydrogen-bond donors (Lipinski definition) is 0. The molecule has 0 unspecified atom stereocenters. The predicted octanol–water partition coefficient (Wildman–Crippen LogP) is 14.7. The van der Waals surface area contributed by atoms with Crippen LogP contribution in [0.3, 0.4) is 0 Å². The highest BCUT2D eigenvalue weighted by molar-refractivity contribution is 5.41. The van der Waals surface area contributed by atoms with Crippen molar-refractivity contribution in [1.82, 2.24) is 0 Å². The van der Waals surface area contributed by atoms with E-state index in [0.717, 1.165) is 60.6 Å². The summed E-state index contributed by atoms with van der Waals surface area (Å²) in [5.74, 6) is 5.55. The van der Waals surface area contributed by atoms with E-state index in [0.29, 0.717) is 41.7 Å². The van der Waals surface area contributed by atoms with Crippen molar-refractivity contribution in [3.8, 4) is 34.5 Å². The molecule has 0 N–H and O–H groups in total. The van der Waals surface area contributed by atoms with Crippen molar-refractivity contribution in [2.75, 3.05) is 33.2 Å². The van der Waals surface area contributed by atoms with Gasteiger partial charge >= 0.3 is 0 Å². The van der Waals surface area contributed by atoms with Crippen molar-refractivity contribution in [2.45, 2.75) is 130 Å². The Kier molecular flexibility index (Phi) is 23.1. The van der Waals surface area contributed by atoms with Crippen molar-refractivity contribution >= 4 is 0 Å². The van der Waals surface area contributed by atoms with Crippen molar-refractivity contribution in [3.05, 3.63) is 108 Å². The van der Waals surface area contributed by atoms with Gasteiger partial charge in [-0.15, -0.1) is 0 Å². The molecule has 0 amide bonds. The molecular formula is C52H80O6. The van der Waals surface area contributed by atoms with Crippen LogP contribution < -0.4 is 28.4 Å². The second kappa shape index (κ2) is 25.9. The quantitative estimate of drug-likeness (QED) is 0.177. The first-order valence-corrected chi connectivity index (χ1v) is 21.0. The van der Waals surface area contributed by atoms with Crippen LogP contribution in [0.25, 0.3) is 0 Å². The van der Waals surface area contributed by atoms with Crippen molar-refractivity contribution in [3.63, 3.8) is 0 Å². The first-order valence-electron chi connectivity index (χ1n) is 21.0. The molecule has 0 aliphatic carbocycles. The molecule has 8 rings (SSSR count). The fourth-order valence-electron chi connectivity index (χ4n) is 4.26. The minimum Gasteiger partial charge on any atom is -0.493 e. The van der Waals surface area contributed by atoms with Gasteiger partial charge in [-0.25, -0.2) is 0 Å². The Hall–Kier alpha value is -4.32. The molecule has 4 aliphatic rings. The summed E-state index contributed by atoms with van der Waals surface area (Å²) in [4.78, 5) is 0. The molecule has 6 nitrogen and oxygen atoms in total. The van der Waals surface area contributed by atoms with Crippen molar-refractivity contribution in [1.29, 1.82) is 0 Å². The molecule has 6 heteroatoms. The van der Waals surface area contributed by atoms with E-state index in [4.69, 9.17) is 28.4 Å². The zero-order valence-electron chi connectivity index (χ0n) is 39.3. The van der Waals surface area contributed by atoms with Gasteiger partial charge < -0.3 is 28.4 Å². The summed E-state index contributed by atoms with van der Waals surface area (Å²) in [6.45, 7) is 38.4. The summed E-state index contributed by atoms with van der Waals surface area (Å²) >= 11 is 0. The highest BCUT2D eigenvalue weighted by atomic mass is 16.7. The van der Waals surface area contributed by atoms with Gasteiger partial charge in [-0.2, -0.15) is 0 Å². The third-order valence-corrected chi connectivity index (χ3v) is 6.15. The van der Waals surface area contributed by atoms with Crippen molar-refractivity contribution in [2.24, 2.45) is 21.7 Å². The first-order chi connectivity index (χ1) is 26.9. The fraction of sp³-hybridized carbons (Fsp3) is 0.538. The van der Waals surface area contributed by atoms with E-state index in [1.54, 1.807) is 0 Å². The lowest BCUT2D eigenvalue weighted by molar-refractivity contribution is 0.171. The molecular weight excluding hydrogens is 721 g/mol. The maximum atomic E-state index is 5.42. The zero-order valence-corrected chi connectivity index (χ0v) is 39.3. The van der Waals surface area contributed by atoms with E-state index in [9.17, 15) is 0 Å². The molecule has 4 heterocycles. The molecule has 4 aliphatic heterocycles. The SMILES string of the molecule is CC(C)(C)C.CC(C)(C)C.CC(C)(C)C.CC(C)(C)C.c1ccc2c(c1)CCCO2.c1ccc2c(c1)CCO2.c1ccc2c(c1)OCCO2.c1ccc2c(c1)OCO2. The van der Waals surface area contributed by atoms with Gasteiger partial charge in [0, 0.05) is 6.42 Å². The van der Waals surface area contributed by atoms with Gasteiger partial charge in [0.1, 0.15) is 24.7 Å². The van der Waals surface area contributed by atoms with Crippen molar-refractivity contribution < 1.29 is 28.4 Å². The highest BCUT2D eigenvalue weighted by Crippen LogP contribution is 2.30. The Morgan fingerprint density at radius 3 is 0.879 bits per heavy atom. The van der Waals surface area contributed by atoms with Gasteiger partial charge in [-0.1, -0.05) is 171 Å². The lowest BCUT2D eigenvalue weighted by Crippen LogP contribution is -2.14. The molecule has 0 bridgehead atoms. The van der Waals surface area contributed by atoms with Crippen LogP contribution in [0.2, 0.25) is 0 Å². The van der Waals surface area contributed by atoms with E-state index < -0.39 is 0 Å². The molecule has 0 saturated heterocycles. The molecule has 0 saturated carbocycles. The van der Waals surface area contributed by atoms with Gasteiger partial charge in [-0.05, 0) is 82.0 Å². The number of rotatable bonds is 0. The molecule has 0 atom stereocenters. The van der Waals surface area contributed by atoms with E-state index in [1.807, 2.05) is 78.9 Å². The molecule has 0 aromatic heterocycles. The Balaban J connectivity index is 0.000000339. The van der Waals surface area contributed by atoms with Gasteiger partial charge in [0.25, 0.3) is 0 Å². The summed E-state index contributed by atoms with van der Waals surface area (Å²) in [5.41, 5.74) is 4.70. The molecule has 4 aromatic rings. The Bertz CT molecular complexity index is 1400. The molecule has 0 radical (unpaired) electrons. The Labute approximate surface area is 355 Å². The van der Waals surface area contributed by atoms with E-state index >= 15 is 0 Å². The molecule has 0 spiro atoms. The standard InChI is InChI=1S/C9H10O.C8H8O2.C8H8O.C7H6O2.4C5H12/c1-2-6-9-8(4-1)5-3-7-10-9;1-2-4-8-7(3-1)9-5-6-10-8;1-2-4-8-7(3-1)5-6-9-8;1-2-4-7-6(3-1)8-5-9-7;4*1-5(2,3)4/h1-2,4,6H,3,5,7H2;1-4H,5-6H2;1-4H,5-6H2;1-4H,5H2;4*1-4H3. The summed E-state index contributed by atoms with van der Waals surface area (Å²) < 4.78 is 31.5. The van der Waals surface area contributed by atoms with E-state index in [-0.39, 0.29) is 0 Å². The summed E-state index contributed by atoms with van der Waals surface area (Å²) in [7, 11) is 0. The van der Waals surface area contributed by atoms with Crippen LogP contribution >= 0.6 is 0 Å². The Morgan fingerprint density at radius 2 is 0.552 bits per heavy atom. The number of hydrogen-bond acceptors (Lipinski definition) is 6. The normalized spacial score (nSPS) is 13.8. The third kappa shape index (κ3) is 30.8. The lowest BCUT2D eigenvalue weighted by atomic mass is 10.0. The van der Waals surface area contributed by atoms with Gasteiger partial charge in [0.15, 0.2) is 23.0 Å². The maximum Gasteiger partial charge on any atom is 0.231 e. The van der Waals surface area contributed by atoms with Crippen LogP contribution in [-0.2, 0) is 12.8 Å². The number of fused-ring (bicyclic) bond motifs is 4. The first kappa shape index (κ1) is 51.7. The zero-order chi connectivity index (χ0) is 43.8. The van der Waals surface area contributed by atoms with Gasteiger partial charge in [0.05, 0.1) is 13.2 Å². The second-order valence-electron chi connectivity index (χ2n) is 20.8. The van der Waals surface area contributed by atoms with Crippen LogP contribution in [0.4, 0.5) is 0 Å². The maximum absolute atomic E-state index is 5.42. The summed E-state index contributed by atoms with van der Waals surface area (Å²) in [5, 5.41) is 0. The minimum absolute atomic E-state index is 0.360. The molecule has 324 valence electrons. The minimum atomic E-state index is 0.360. The average Bonchev–Trinajstić information content (AvgIpc) is 3.80. The smallest absolute Gasteiger partial charge is 0.231 e. The predicted molar refractivity (Wildman–Crippen MR) is 246 cm³/mol. The molecule has 0 fully saturated rings.